The van der Waals surface area contributed by atoms with Crippen LogP contribution >= 0.6 is 0 Å². The zero-order valence-electron chi connectivity index (χ0n) is 13.6. The molecule has 0 bridgehead atoms. The highest BCUT2D eigenvalue weighted by Crippen LogP contribution is 2.19. The number of amides is 4. The number of benzene rings is 1. The average Bonchev–Trinajstić information content (AvgIpc) is 3.04. The van der Waals surface area contributed by atoms with Gasteiger partial charge in [0, 0.05) is 25.9 Å². The van der Waals surface area contributed by atoms with Crippen LogP contribution < -0.4 is 0 Å². The standard InChI is InChI=1S/C17H16N4O3/c1-11-6-4-5-7-14(11)21-10-12(9-18-21)8-13-15(22)19(2)17(24)20(3)16(13)23/h4-10H,1-3H3. The first-order valence-corrected chi connectivity index (χ1v) is 7.32. The Bertz CT molecular complexity index is 855. The van der Waals surface area contributed by atoms with Gasteiger partial charge in [0.25, 0.3) is 11.8 Å². The lowest BCUT2D eigenvalue weighted by atomic mass is 10.1. The summed E-state index contributed by atoms with van der Waals surface area (Å²) in [6.45, 7) is 1.97. The van der Waals surface area contributed by atoms with E-state index in [9.17, 15) is 14.4 Å². The first kappa shape index (κ1) is 15.7. The summed E-state index contributed by atoms with van der Waals surface area (Å²) in [5, 5.41) is 4.27. The fourth-order valence-corrected chi connectivity index (χ4v) is 2.51. The van der Waals surface area contributed by atoms with Crippen LogP contribution in [-0.2, 0) is 9.59 Å². The van der Waals surface area contributed by atoms with Crippen LogP contribution in [0.25, 0.3) is 11.8 Å². The fourth-order valence-electron chi connectivity index (χ4n) is 2.51. The third kappa shape index (κ3) is 2.50. The van der Waals surface area contributed by atoms with Crippen molar-refractivity contribution >= 4 is 23.9 Å². The first-order valence-electron chi connectivity index (χ1n) is 7.32. The van der Waals surface area contributed by atoms with E-state index in [0.29, 0.717) is 5.56 Å². The van der Waals surface area contributed by atoms with Crippen LogP contribution in [0.3, 0.4) is 0 Å². The number of barbiturate groups is 1. The minimum atomic E-state index is -0.641. The van der Waals surface area contributed by atoms with Crippen molar-refractivity contribution in [2.45, 2.75) is 6.92 Å². The summed E-state index contributed by atoms with van der Waals surface area (Å²) in [6.07, 6.45) is 4.74. The third-order valence-electron chi connectivity index (χ3n) is 3.92. The van der Waals surface area contributed by atoms with Crippen LogP contribution in [0.15, 0.2) is 42.2 Å². The van der Waals surface area contributed by atoms with Crippen molar-refractivity contribution in [3.63, 3.8) is 0 Å². The Morgan fingerprint density at radius 3 is 2.25 bits per heavy atom. The van der Waals surface area contributed by atoms with Gasteiger partial charge < -0.3 is 0 Å². The lowest BCUT2D eigenvalue weighted by molar-refractivity contribution is -0.134. The molecule has 0 aliphatic carbocycles. The number of imide groups is 2. The Morgan fingerprint density at radius 1 is 1.00 bits per heavy atom. The normalized spacial score (nSPS) is 15.3. The molecule has 7 nitrogen and oxygen atoms in total. The number of urea groups is 1. The van der Waals surface area contributed by atoms with E-state index in [-0.39, 0.29) is 5.57 Å². The molecule has 2 heterocycles. The van der Waals surface area contributed by atoms with Gasteiger partial charge in [-0.15, -0.1) is 0 Å². The zero-order chi connectivity index (χ0) is 17.4. The van der Waals surface area contributed by atoms with Gasteiger partial charge in [-0.05, 0) is 24.6 Å². The molecule has 0 spiro atoms. The minimum absolute atomic E-state index is 0.0658. The molecule has 1 aliphatic rings. The Morgan fingerprint density at radius 2 is 1.62 bits per heavy atom. The van der Waals surface area contributed by atoms with E-state index in [2.05, 4.69) is 5.10 Å². The Labute approximate surface area is 138 Å². The first-order chi connectivity index (χ1) is 11.4. The number of hydrogen-bond donors (Lipinski definition) is 0. The van der Waals surface area contributed by atoms with Crippen LogP contribution in [-0.4, -0.2) is 51.5 Å². The molecule has 1 aromatic carbocycles. The molecule has 1 fully saturated rings. The van der Waals surface area contributed by atoms with Crippen LogP contribution in [0.5, 0.6) is 0 Å². The molecule has 1 aliphatic heterocycles. The monoisotopic (exact) mass is 324 g/mol. The van der Waals surface area contributed by atoms with Crippen molar-refractivity contribution in [1.82, 2.24) is 19.6 Å². The van der Waals surface area contributed by atoms with E-state index in [0.717, 1.165) is 21.1 Å². The quantitative estimate of drug-likeness (QED) is 0.621. The van der Waals surface area contributed by atoms with E-state index < -0.39 is 17.8 Å². The number of aryl methyl sites for hydroxylation is 1. The average molecular weight is 324 g/mol. The second-order valence-corrected chi connectivity index (χ2v) is 5.57. The lowest BCUT2D eigenvalue weighted by Crippen LogP contribution is -2.52. The maximum atomic E-state index is 12.2. The van der Waals surface area contributed by atoms with E-state index in [1.807, 2.05) is 31.2 Å². The highest BCUT2D eigenvalue weighted by Gasteiger charge is 2.37. The highest BCUT2D eigenvalue weighted by atomic mass is 16.2. The lowest BCUT2D eigenvalue weighted by Gasteiger charge is -2.28. The topological polar surface area (TPSA) is 75.5 Å². The van der Waals surface area contributed by atoms with Gasteiger partial charge in [0.2, 0.25) is 0 Å². The van der Waals surface area contributed by atoms with Crippen molar-refractivity contribution in [2.24, 2.45) is 0 Å². The van der Waals surface area contributed by atoms with Gasteiger partial charge in [0.05, 0.1) is 11.9 Å². The molecule has 1 aromatic heterocycles. The SMILES string of the molecule is Cc1ccccc1-n1cc(C=C2C(=O)N(C)C(=O)N(C)C2=O)cn1. The Balaban J connectivity index is 1.97. The number of nitrogens with zero attached hydrogens (tertiary/aromatic N) is 4. The van der Waals surface area contributed by atoms with Gasteiger partial charge in [0.1, 0.15) is 5.57 Å². The second-order valence-electron chi connectivity index (χ2n) is 5.57. The van der Waals surface area contributed by atoms with Crippen molar-refractivity contribution in [2.75, 3.05) is 14.1 Å². The maximum absolute atomic E-state index is 12.2. The second kappa shape index (κ2) is 5.77. The molecule has 24 heavy (non-hydrogen) atoms. The van der Waals surface area contributed by atoms with Gasteiger partial charge in [-0.25, -0.2) is 9.48 Å². The number of carbonyl (C=O) groups is 3. The van der Waals surface area contributed by atoms with Crippen molar-refractivity contribution in [1.29, 1.82) is 0 Å². The summed E-state index contributed by atoms with van der Waals surface area (Å²) in [4.78, 5) is 37.9. The number of para-hydroxylation sites is 1. The smallest absolute Gasteiger partial charge is 0.268 e. The maximum Gasteiger partial charge on any atom is 0.333 e. The molecule has 0 N–H and O–H groups in total. The number of carbonyl (C=O) groups excluding carboxylic acids is 3. The third-order valence-corrected chi connectivity index (χ3v) is 3.92. The fraction of sp³-hybridized carbons (Fsp3) is 0.176. The van der Waals surface area contributed by atoms with Gasteiger partial charge in [-0.3, -0.25) is 19.4 Å². The van der Waals surface area contributed by atoms with Crippen molar-refractivity contribution < 1.29 is 14.4 Å². The van der Waals surface area contributed by atoms with Crippen LogP contribution in [0.2, 0.25) is 0 Å². The number of hydrogen-bond acceptors (Lipinski definition) is 4. The summed E-state index contributed by atoms with van der Waals surface area (Å²) in [5.74, 6) is -1.24. The van der Waals surface area contributed by atoms with E-state index in [1.54, 1.807) is 17.1 Å². The van der Waals surface area contributed by atoms with Crippen molar-refractivity contribution in [3.05, 3.63) is 53.4 Å². The van der Waals surface area contributed by atoms with Crippen LogP contribution in [0.4, 0.5) is 4.79 Å². The number of rotatable bonds is 2. The summed E-state index contributed by atoms with van der Waals surface area (Å²) in [5.41, 5.74) is 2.50. The molecule has 3 rings (SSSR count). The molecule has 0 atom stereocenters. The largest absolute Gasteiger partial charge is 0.333 e. The predicted molar refractivity (Wildman–Crippen MR) is 87.2 cm³/mol. The Kier molecular flexibility index (Phi) is 3.76. The van der Waals surface area contributed by atoms with Crippen LogP contribution in [0.1, 0.15) is 11.1 Å². The van der Waals surface area contributed by atoms with E-state index in [4.69, 9.17) is 0 Å². The zero-order valence-corrected chi connectivity index (χ0v) is 13.6. The van der Waals surface area contributed by atoms with Crippen LogP contribution in [0, 0.1) is 6.92 Å². The number of aromatic nitrogens is 2. The molecule has 0 unspecified atom stereocenters. The molecular formula is C17H16N4O3. The molecule has 7 heteroatoms. The van der Waals surface area contributed by atoms with Crippen molar-refractivity contribution in [3.8, 4) is 5.69 Å². The predicted octanol–water partition coefficient (Wildman–Crippen LogP) is 1.61. The molecular weight excluding hydrogens is 308 g/mol. The minimum Gasteiger partial charge on any atom is -0.268 e. The molecule has 2 aromatic rings. The molecule has 0 saturated carbocycles. The molecule has 4 amide bonds. The summed E-state index contributed by atoms with van der Waals surface area (Å²) in [7, 11) is 2.69. The Hall–Kier alpha value is -3.22. The summed E-state index contributed by atoms with van der Waals surface area (Å²) < 4.78 is 1.68. The van der Waals surface area contributed by atoms with E-state index in [1.165, 1.54) is 20.2 Å². The summed E-state index contributed by atoms with van der Waals surface area (Å²) in [6, 6.07) is 7.10. The highest BCUT2D eigenvalue weighted by molar-refractivity contribution is 6.30. The molecule has 1 saturated heterocycles. The molecule has 122 valence electrons. The van der Waals surface area contributed by atoms with Gasteiger partial charge in [-0.2, -0.15) is 5.10 Å². The van der Waals surface area contributed by atoms with Gasteiger partial charge in [0.15, 0.2) is 0 Å². The number of likely N-dealkylation sites (N-methyl/N-ethyl adjacent to an activating group) is 2. The van der Waals surface area contributed by atoms with Gasteiger partial charge in [-0.1, -0.05) is 18.2 Å². The summed E-state index contributed by atoms with van der Waals surface area (Å²) >= 11 is 0. The molecule has 0 radical (unpaired) electrons. The van der Waals surface area contributed by atoms with Gasteiger partial charge >= 0.3 is 6.03 Å². The van der Waals surface area contributed by atoms with E-state index >= 15 is 0 Å².